The third-order valence-corrected chi connectivity index (χ3v) is 4.87. The summed E-state index contributed by atoms with van der Waals surface area (Å²) < 4.78 is 23.9. The molecule has 1 aromatic heterocycles. The minimum absolute atomic E-state index is 0.110. The van der Waals surface area contributed by atoms with E-state index < -0.39 is 0 Å². The molecule has 2 aliphatic rings. The molecule has 2 saturated heterocycles. The fourth-order valence-electron chi connectivity index (χ4n) is 3.48. The number of halogens is 1. The molecule has 0 radical (unpaired) electrons. The predicted octanol–water partition coefficient (Wildman–Crippen LogP) is 2.83. The fraction of sp³-hybridized carbons (Fsp3) is 0.444. The molecule has 1 aromatic carbocycles. The SMILES string of the molecule is Cc1cc(C2CN(C(=O)[C@@H]3CCO[C@H]3c3ccc(F)cc3)C2)no1. The number of carbonyl (C=O) groups excluding carboxylic acids is 1. The Labute approximate surface area is 139 Å². The number of ether oxygens (including phenoxy) is 1. The number of aromatic nitrogens is 1. The van der Waals surface area contributed by atoms with Gasteiger partial charge >= 0.3 is 0 Å². The van der Waals surface area contributed by atoms with Crippen molar-refractivity contribution >= 4 is 5.91 Å². The normalized spacial score (nSPS) is 24.2. The molecule has 24 heavy (non-hydrogen) atoms. The number of carbonyl (C=O) groups is 1. The summed E-state index contributed by atoms with van der Waals surface area (Å²) in [7, 11) is 0. The van der Waals surface area contributed by atoms with Gasteiger partial charge in [0.1, 0.15) is 11.6 Å². The number of hydrogen-bond donors (Lipinski definition) is 0. The maximum absolute atomic E-state index is 13.1. The van der Waals surface area contributed by atoms with E-state index in [-0.39, 0.29) is 29.7 Å². The van der Waals surface area contributed by atoms with E-state index in [1.165, 1.54) is 12.1 Å². The summed E-state index contributed by atoms with van der Waals surface area (Å²) in [6, 6.07) is 8.13. The summed E-state index contributed by atoms with van der Waals surface area (Å²) in [5.41, 5.74) is 1.77. The highest BCUT2D eigenvalue weighted by atomic mass is 19.1. The summed E-state index contributed by atoms with van der Waals surface area (Å²) in [5, 5.41) is 4.03. The van der Waals surface area contributed by atoms with Gasteiger partial charge < -0.3 is 14.2 Å². The quantitative estimate of drug-likeness (QED) is 0.868. The second-order valence-corrected chi connectivity index (χ2v) is 6.54. The Hall–Kier alpha value is -2.21. The largest absolute Gasteiger partial charge is 0.373 e. The highest BCUT2D eigenvalue weighted by molar-refractivity contribution is 5.81. The van der Waals surface area contributed by atoms with Crippen LogP contribution >= 0.6 is 0 Å². The first-order chi connectivity index (χ1) is 11.6. The third-order valence-electron chi connectivity index (χ3n) is 4.87. The summed E-state index contributed by atoms with van der Waals surface area (Å²) in [4.78, 5) is 14.6. The Morgan fingerprint density at radius 3 is 2.71 bits per heavy atom. The lowest BCUT2D eigenvalue weighted by Gasteiger charge is -2.40. The summed E-state index contributed by atoms with van der Waals surface area (Å²) in [6.07, 6.45) is 0.414. The highest BCUT2D eigenvalue weighted by Gasteiger charge is 2.42. The Bertz CT molecular complexity index is 737. The van der Waals surface area contributed by atoms with E-state index in [9.17, 15) is 9.18 Å². The van der Waals surface area contributed by atoms with E-state index in [4.69, 9.17) is 9.26 Å². The van der Waals surface area contributed by atoms with Gasteiger partial charge in [0.2, 0.25) is 5.91 Å². The van der Waals surface area contributed by atoms with Gasteiger partial charge in [-0.25, -0.2) is 4.39 Å². The summed E-state index contributed by atoms with van der Waals surface area (Å²) in [6.45, 7) is 3.74. The van der Waals surface area contributed by atoms with E-state index in [2.05, 4.69) is 5.16 Å². The Balaban J connectivity index is 1.42. The standard InChI is InChI=1S/C18H19FN2O3/c1-11-8-16(20-24-11)13-9-21(10-13)18(22)15-6-7-23-17(15)12-2-4-14(19)5-3-12/h2-5,8,13,15,17H,6-7,9-10H2,1H3/t15-,17+/m1/s1. The highest BCUT2D eigenvalue weighted by Crippen LogP contribution is 2.38. The lowest BCUT2D eigenvalue weighted by atomic mass is 9.89. The van der Waals surface area contributed by atoms with Crippen molar-refractivity contribution in [2.45, 2.75) is 25.4 Å². The van der Waals surface area contributed by atoms with Gasteiger partial charge in [0.05, 0.1) is 17.7 Å². The van der Waals surface area contributed by atoms with Gasteiger partial charge in [0, 0.05) is 31.7 Å². The molecule has 3 heterocycles. The molecule has 6 heteroatoms. The average Bonchev–Trinajstić information content (AvgIpc) is 3.16. The Kier molecular flexibility index (Phi) is 3.84. The van der Waals surface area contributed by atoms with Crippen LogP contribution in [0.5, 0.6) is 0 Å². The zero-order valence-corrected chi connectivity index (χ0v) is 13.4. The smallest absolute Gasteiger partial charge is 0.228 e. The number of amides is 1. The maximum atomic E-state index is 13.1. The summed E-state index contributed by atoms with van der Waals surface area (Å²) >= 11 is 0. The number of likely N-dealkylation sites (tertiary alicyclic amines) is 1. The molecule has 126 valence electrons. The molecule has 5 nitrogen and oxygen atoms in total. The van der Waals surface area contributed by atoms with E-state index in [1.807, 2.05) is 17.9 Å². The van der Waals surface area contributed by atoms with Crippen LogP contribution in [-0.2, 0) is 9.53 Å². The molecule has 2 aromatic rings. The molecule has 4 rings (SSSR count). The maximum Gasteiger partial charge on any atom is 0.228 e. The number of benzene rings is 1. The van der Waals surface area contributed by atoms with Crippen LogP contribution in [-0.4, -0.2) is 35.7 Å². The minimum atomic E-state index is -0.286. The van der Waals surface area contributed by atoms with Crippen LogP contribution < -0.4 is 0 Å². The second-order valence-electron chi connectivity index (χ2n) is 6.54. The summed E-state index contributed by atoms with van der Waals surface area (Å²) in [5.74, 6) is 0.662. The molecule has 0 N–H and O–H groups in total. The van der Waals surface area contributed by atoms with Gasteiger partial charge in [-0.2, -0.15) is 0 Å². The number of aryl methyl sites for hydroxylation is 1. The minimum Gasteiger partial charge on any atom is -0.373 e. The van der Waals surface area contributed by atoms with Crippen molar-refractivity contribution in [3.8, 4) is 0 Å². The van der Waals surface area contributed by atoms with Crippen molar-refractivity contribution in [2.24, 2.45) is 5.92 Å². The molecule has 0 unspecified atom stereocenters. The van der Waals surface area contributed by atoms with E-state index in [0.717, 1.165) is 17.0 Å². The molecule has 1 amide bonds. The average molecular weight is 330 g/mol. The van der Waals surface area contributed by atoms with Crippen LogP contribution in [0, 0.1) is 18.7 Å². The lowest BCUT2D eigenvalue weighted by Crippen LogP contribution is -2.51. The van der Waals surface area contributed by atoms with E-state index in [0.29, 0.717) is 26.1 Å². The zero-order chi connectivity index (χ0) is 16.7. The van der Waals surface area contributed by atoms with Gasteiger partial charge in [-0.15, -0.1) is 0 Å². The molecule has 0 spiro atoms. The lowest BCUT2D eigenvalue weighted by molar-refractivity contribution is -0.142. The number of nitrogens with zero attached hydrogens (tertiary/aromatic N) is 2. The van der Waals surface area contributed by atoms with E-state index in [1.54, 1.807) is 12.1 Å². The van der Waals surface area contributed by atoms with Gasteiger partial charge in [-0.3, -0.25) is 4.79 Å². The molecule has 2 aliphatic heterocycles. The van der Waals surface area contributed by atoms with Crippen molar-refractivity contribution in [1.82, 2.24) is 10.1 Å². The molecule has 0 saturated carbocycles. The van der Waals surface area contributed by atoms with Crippen LogP contribution in [0.3, 0.4) is 0 Å². The fourth-order valence-corrected chi connectivity index (χ4v) is 3.48. The molecular weight excluding hydrogens is 311 g/mol. The first kappa shape index (κ1) is 15.3. The zero-order valence-electron chi connectivity index (χ0n) is 13.4. The van der Waals surface area contributed by atoms with Crippen LogP contribution in [0.15, 0.2) is 34.9 Å². The number of hydrogen-bond acceptors (Lipinski definition) is 4. The molecule has 0 bridgehead atoms. The van der Waals surface area contributed by atoms with Crippen molar-refractivity contribution < 1.29 is 18.4 Å². The monoisotopic (exact) mass is 330 g/mol. The Morgan fingerprint density at radius 2 is 2.04 bits per heavy atom. The van der Waals surface area contributed by atoms with Crippen LogP contribution in [0.1, 0.15) is 35.5 Å². The van der Waals surface area contributed by atoms with Gasteiger partial charge in [0.25, 0.3) is 0 Å². The molecular formula is C18H19FN2O3. The van der Waals surface area contributed by atoms with Crippen LogP contribution in [0.4, 0.5) is 4.39 Å². The molecule has 2 fully saturated rings. The third kappa shape index (κ3) is 2.71. The van der Waals surface area contributed by atoms with Crippen LogP contribution in [0.2, 0.25) is 0 Å². The second kappa shape index (κ2) is 6.02. The first-order valence-corrected chi connectivity index (χ1v) is 8.21. The predicted molar refractivity (Wildman–Crippen MR) is 83.8 cm³/mol. The molecule has 0 aliphatic carbocycles. The van der Waals surface area contributed by atoms with Crippen molar-refractivity contribution in [3.63, 3.8) is 0 Å². The van der Waals surface area contributed by atoms with Crippen molar-refractivity contribution in [1.29, 1.82) is 0 Å². The van der Waals surface area contributed by atoms with Gasteiger partial charge in [0.15, 0.2) is 0 Å². The van der Waals surface area contributed by atoms with Crippen molar-refractivity contribution in [3.05, 3.63) is 53.2 Å². The van der Waals surface area contributed by atoms with Crippen molar-refractivity contribution in [2.75, 3.05) is 19.7 Å². The first-order valence-electron chi connectivity index (χ1n) is 8.21. The topological polar surface area (TPSA) is 55.6 Å². The van der Waals surface area contributed by atoms with Gasteiger partial charge in [-0.1, -0.05) is 17.3 Å². The van der Waals surface area contributed by atoms with Gasteiger partial charge in [-0.05, 0) is 31.0 Å². The number of rotatable bonds is 3. The van der Waals surface area contributed by atoms with E-state index >= 15 is 0 Å². The molecule has 2 atom stereocenters. The van der Waals surface area contributed by atoms with Crippen LogP contribution in [0.25, 0.3) is 0 Å². The Morgan fingerprint density at radius 1 is 1.29 bits per heavy atom.